The standard InChI is InChI=1S/C17H26N2O/c1-12-5-3-7-14(11-12)9-10-19-17(20)15-8-4-6-13(2)16(15)18/h4,6,8,12,14H,3,5,7,9-11,18H2,1-2H3,(H,19,20). The predicted octanol–water partition coefficient (Wildman–Crippen LogP) is 3.52. The molecule has 1 saturated carbocycles. The molecule has 0 saturated heterocycles. The second-order valence-corrected chi connectivity index (χ2v) is 6.22. The van der Waals surface area contributed by atoms with Crippen molar-refractivity contribution in [1.29, 1.82) is 0 Å². The molecule has 3 N–H and O–H groups in total. The van der Waals surface area contributed by atoms with Gasteiger partial charge >= 0.3 is 0 Å². The van der Waals surface area contributed by atoms with E-state index in [1.807, 2.05) is 19.1 Å². The number of anilines is 1. The minimum atomic E-state index is -0.0462. The summed E-state index contributed by atoms with van der Waals surface area (Å²) in [6.07, 6.45) is 6.41. The highest BCUT2D eigenvalue weighted by Crippen LogP contribution is 2.30. The van der Waals surface area contributed by atoms with Gasteiger partial charge in [0.25, 0.3) is 5.91 Å². The van der Waals surface area contributed by atoms with E-state index >= 15 is 0 Å². The summed E-state index contributed by atoms with van der Waals surface area (Å²) in [5.74, 6) is 1.57. The number of carbonyl (C=O) groups is 1. The maximum Gasteiger partial charge on any atom is 0.253 e. The summed E-state index contributed by atoms with van der Waals surface area (Å²) in [6, 6.07) is 5.60. The van der Waals surface area contributed by atoms with E-state index < -0.39 is 0 Å². The van der Waals surface area contributed by atoms with E-state index in [-0.39, 0.29) is 5.91 Å². The Kier molecular flexibility index (Phi) is 5.05. The first-order valence-corrected chi connectivity index (χ1v) is 7.71. The molecule has 3 heteroatoms. The SMILES string of the molecule is Cc1cccc(C(=O)NCCC2CCCC(C)C2)c1N. The molecule has 2 rings (SSSR count). The zero-order chi connectivity index (χ0) is 14.5. The Labute approximate surface area is 121 Å². The third-order valence-electron chi connectivity index (χ3n) is 4.45. The molecular weight excluding hydrogens is 248 g/mol. The number of nitrogens with two attached hydrogens (primary N) is 1. The lowest BCUT2D eigenvalue weighted by Gasteiger charge is -2.26. The Morgan fingerprint density at radius 1 is 1.40 bits per heavy atom. The van der Waals surface area contributed by atoms with Crippen LogP contribution < -0.4 is 11.1 Å². The van der Waals surface area contributed by atoms with Crippen LogP contribution in [0.3, 0.4) is 0 Å². The fourth-order valence-electron chi connectivity index (χ4n) is 3.19. The van der Waals surface area contributed by atoms with Crippen LogP contribution in [-0.2, 0) is 0 Å². The first kappa shape index (κ1) is 14.9. The van der Waals surface area contributed by atoms with Gasteiger partial charge in [-0.1, -0.05) is 38.3 Å². The number of aryl methyl sites for hydroxylation is 1. The number of amides is 1. The molecule has 1 amide bonds. The lowest BCUT2D eigenvalue weighted by molar-refractivity contribution is 0.0950. The number of benzene rings is 1. The molecule has 1 aromatic rings. The molecule has 2 atom stereocenters. The lowest BCUT2D eigenvalue weighted by atomic mass is 9.81. The lowest BCUT2D eigenvalue weighted by Crippen LogP contribution is -2.27. The van der Waals surface area contributed by atoms with Crippen LogP contribution in [0.15, 0.2) is 18.2 Å². The molecule has 0 bridgehead atoms. The van der Waals surface area contributed by atoms with Gasteiger partial charge in [-0.05, 0) is 43.2 Å². The first-order valence-electron chi connectivity index (χ1n) is 7.71. The predicted molar refractivity (Wildman–Crippen MR) is 83.7 cm³/mol. The molecule has 3 nitrogen and oxygen atoms in total. The van der Waals surface area contributed by atoms with Crippen LogP contribution in [0.4, 0.5) is 5.69 Å². The molecule has 1 fully saturated rings. The van der Waals surface area contributed by atoms with Gasteiger partial charge in [0.15, 0.2) is 0 Å². The van der Waals surface area contributed by atoms with Gasteiger partial charge in [0.1, 0.15) is 0 Å². The molecule has 110 valence electrons. The summed E-state index contributed by atoms with van der Waals surface area (Å²) < 4.78 is 0. The smallest absolute Gasteiger partial charge is 0.253 e. The van der Waals surface area contributed by atoms with Crippen LogP contribution in [0.5, 0.6) is 0 Å². The molecule has 0 aromatic heterocycles. The normalized spacial score (nSPS) is 22.5. The largest absolute Gasteiger partial charge is 0.398 e. The van der Waals surface area contributed by atoms with Gasteiger partial charge in [0, 0.05) is 12.2 Å². The van der Waals surface area contributed by atoms with Gasteiger partial charge in [0.05, 0.1) is 5.56 Å². The van der Waals surface area contributed by atoms with Crippen molar-refractivity contribution in [3.63, 3.8) is 0 Å². The van der Waals surface area contributed by atoms with Crippen LogP contribution in [0.1, 0.15) is 54.9 Å². The van der Waals surface area contributed by atoms with E-state index in [2.05, 4.69) is 12.2 Å². The van der Waals surface area contributed by atoms with E-state index in [1.165, 1.54) is 25.7 Å². The second kappa shape index (κ2) is 6.78. The topological polar surface area (TPSA) is 55.1 Å². The van der Waals surface area contributed by atoms with Gasteiger partial charge in [0.2, 0.25) is 0 Å². The Hall–Kier alpha value is -1.51. The van der Waals surface area contributed by atoms with Crippen LogP contribution in [0, 0.1) is 18.8 Å². The molecule has 0 heterocycles. The van der Waals surface area contributed by atoms with Gasteiger partial charge in [-0.25, -0.2) is 0 Å². The Bertz CT molecular complexity index is 470. The molecule has 20 heavy (non-hydrogen) atoms. The van der Waals surface area contributed by atoms with Crippen molar-refractivity contribution in [3.8, 4) is 0 Å². The Balaban J connectivity index is 1.82. The van der Waals surface area contributed by atoms with Crippen molar-refractivity contribution >= 4 is 11.6 Å². The van der Waals surface area contributed by atoms with E-state index in [0.717, 1.165) is 30.4 Å². The van der Waals surface area contributed by atoms with E-state index in [1.54, 1.807) is 6.07 Å². The number of carbonyl (C=O) groups excluding carboxylic acids is 1. The minimum absolute atomic E-state index is 0.0462. The van der Waals surface area contributed by atoms with Crippen molar-refractivity contribution in [1.82, 2.24) is 5.32 Å². The number of nitrogens with one attached hydrogen (secondary N) is 1. The quantitative estimate of drug-likeness (QED) is 0.825. The maximum absolute atomic E-state index is 12.1. The van der Waals surface area contributed by atoms with E-state index in [4.69, 9.17) is 5.73 Å². The number of nitrogen functional groups attached to an aromatic ring is 1. The van der Waals surface area contributed by atoms with Gasteiger partial charge < -0.3 is 11.1 Å². The third-order valence-corrected chi connectivity index (χ3v) is 4.45. The molecule has 1 aliphatic rings. The second-order valence-electron chi connectivity index (χ2n) is 6.22. The maximum atomic E-state index is 12.1. The summed E-state index contributed by atoms with van der Waals surface area (Å²) in [5, 5.41) is 3.01. The summed E-state index contributed by atoms with van der Waals surface area (Å²) in [5.41, 5.74) is 8.11. The van der Waals surface area contributed by atoms with Crippen LogP contribution >= 0.6 is 0 Å². The number of rotatable bonds is 4. The molecule has 0 spiro atoms. The summed E-state index contributed by atoms with van der Waals surface area (Å²) in [4.78, 5) is 12.1. The summed E-state index contributed by atoms with van der Waals surface area (Å²) in [6.45, 7) is 5.01. The highest BCUT2D eigenvalue weighted by molar-refractivity contribution is 5.99. The highest BCUT2D eigenvalue weighted by Gasteiger charge is 2.19. The fourth-order valence-corrected chi connectivity index (χ4v) is 3.19. The summed E-state index contributed by atoms with van der Waals surface area (Å²) in [7, 11) is 0. The van der Waals surface area contributed by atoms with Gasteiger partial charge in [-0.2, -0.15) is 0 Å². The van der Waals surface area contributed by atoms with Crippen molar-refractivity contribution in [3.05, 3.63) is 29.3 Å². The van der Waals surface area contributed by atoms with Crippen LogP contribution in [0.2, 0.25) is 0 Å². The Morgan fingerprint density at radius 3 is 2.95 bits per heavy atom. The zero-order valence-corrected chi connectivity index (χ0v) is 12.6. The van der Waals surface area contributed by atoms with Crippen molar-refractivity contribution in [2.45, 2.75) is 46.0 Å². The molecule has 0 radical (unpaired) electrons. The highest BCUT2D eigenvalue weighted by atomic mass is 16.1. The number of hydrogen-bond donors (Lipinski definition) is 2. The molecule has 2 unspecified atom stereocenters. The molecular formula is C17H26N2O. The number of para-hydroxylation sites is 1. The van der Waals surface area contributed by atoms with Crippen molar-refractivity contribution < 1.29 is 4.79 Å². The first-order chi connectivity index (χ1) is 9.58. The average Bonchev–Trinajstić information content (AvgIpc) is 2.42. The molecule has 0 aliphatic heterocycles. The van der Waals surface area contributed by atoms with E-state index in [0.29, 0.717) is 11.3 Å². The van der Waals surface area contributed by atoms with Crippen LogP contribution in [0.25, 0.3) is 0 Å². The van der Waals surface area contributed by atoms with Crippen LogP contribution in [-0.4, -0.2) is 12.5 Å². The molecule has 1 aromatic carbocycles. The van der Waals surface area contributed by atoms with Crippen molar-refractivity contribution in [2.24, 2.45) is 11.8 Å². The monoisotopic (exact) mass is 274 g/mol. The van der Waals surface area contributed by atoms with Crippen molar-refractivity contribution in [2.75, 3.05) is 12.3 Å². The zero-order valence-electron chi connectivity index (χ0n) is 12.6. The van der Waals surface area contributed by atoms with Gasteiger partial charge in [-0.15, -0.1) is 0 Å². The van der Waals surface area contributed by atoms with E-state index in [9.17, 15) is 4.79 Å². The summed E-state index contributed by atoms with van der Waals surface area (Å²) >= 11 is 0. The fraction of sp³-hybridized carbons (Fsp3) is 0.588. The average molecular weight is 274 g/mol. The molecule has 1 aliphatic carbocycles. The number of hydrogen-bond acceptors (Lipinski definition) is 2. The van der Waals surface area contributed by atoms with Gasteiger partial charge in [-0.3, -0.25) is 4.79 Å². The third kappa shape index (κ3) is 3.75. The Morgan fingerprint density at radius 2 is 2.20 bits per heavy atom. The minimum Gasteiger partial charge on any atom is -0.398 e.